The fourth-order valence-electron chi connectivity index (χ4n) is 2.55. The Bertz CT molecular complexity index is 707. The average molecular weight is 242 g/mol. The molecule has 2 aromatic rings. The van der Waals surface area contributed by atoms with Gasteiger partial charge in [-0.1, -0.05) is 32.0 Å². The monoisotopic (exact) mass is 242 g/mol. The van der Waals surface area contributed by atoms with Crippen LogP contribution in [0.25, 0.3) is 10.8 Å². The molecule has 3 rings (SSSR count). The normalized spacial score (nSPS) is 17.8. The Morgan fingerprint density at radius 3 is 2.50 bits per heavy atom. The summed E-state index contributed by atoms with van der Waals surface area (Å²) in [4.78, 5) is 24.3. The van der Waals surface area contributed by atoms with Crippen molar-refractivity contribution in [3.63, 3.8) is 0 Å². The zero-order valence-corrected chi connectivity index (χ0v) is 10.4. The van der Waals surface area contributed by atoms with Crippen molar-refractivity contribution < 1.29 is 9.21 Å². The molecule has 0 saturated heterocycles. The summed E-state index contributed by atoms with van der Waals surface area (Å²) in [6.45, 7) is 3.89. The largest absolute Gasteiger partial charge is 0.427 e. The van der Waals surface area contributed by atoms with Gasteiger partial charge in [-0.05, 0) is 12.5 Å². The third kappa shape index (κ3) is 1.43. The van der Waals surface area contributed by atoms with Gasteiger partial charge in [-0.15, -0.1) is 0 Å². The second-order valence-corrected chi connectivity index (χ2v) is 5.45. The Balaban J connectivity index is 2.44. The molecule has 0 fully saturated rings. The van der Waals surface area contributed by atoms with Gasteiger partial charge in [-0.25, -0.2) is 4.79 Å². The second-order valence-electron chi connectivity index (χ2n) is 5.45. The Morgan fingerprint density at radius 1 is 1.11 bits per heavy atom. The van der Waals surface area contributed by atoms with Crippen LogP contribution in [0.2, 0.25) is 0 Å². The molecule has 0 atom stereocenters. The van der Waals surface area contributed by atoms with E-state index in [1.54, 1.807) is 12.1 Å². The Morgan fingerprint density at radius 2 is 1.78 bits per heavy atom. The third-order valence-electron chi connectivity index (χ3n) is 3.73. The van der Waals surface area contributed by atoms with Crippen LogP contribution in [0, 0.1) is 5.41 Å². The molecule has 3 nitrogen and oxygen atoms in total. The van der Waals surface area contributed by atoms with E-state index in [0.29, 0.717) is 23.1 Å². The molecular weight excluding hydrogens is 228 g/mol. The van der Waals surface area contributed by atoms with Crippen LogP contribution in [0.3, 0.4) is 0 Å². The highest BCUT2D eigenvalue weighted by Gasteiger charge is 2.37. The summed E-state index contributed by atoms with van der Waals surface area (Å²) in [5.41, 5.74) is -0.131. The molecule has 0 N–H and O–H groups in total. The van der Waals surface area contributed by atoms with E-state index in [0.717, 1.165) is 11.8 Å². The summed E-state index contributed by atoms with van der Waals surface area (Å²) >= 11 is 0. The molecule has 1 aromatic heterocycles. The smallest absolute Gasteiger partial charge is 0.343 e. The number of hydrogen-bond donors (Lipinski definition) is 0. The molecule has 1 aromatic carbocycles. The number of carbonyl (C=O) groups excluding carboxylic acids is 1. The molecule has 3 heteroatoms. The van der Waals surface area contributed by atoms with Crippen molar-refractivity contribution in [2.45, 2.75) is 26.7 Å². The van der Waals surface area contributed by atoms with E-state index in [2.05, 4.69) is 0 Å². The highest BCUT2D eigenvalue weighted by Crippen LogP contribution is 2.36. The molecule has 1 aliphatic rings. The minimum absolute atomic E-state index is 0.0729. The molecule has 0 unspecified atom stereocenters. The maximum absolute atomic E-state index is 12.5. The first-order valence-electron chi connectivity index (χ1n) is 6.10. The molecule has 0 bridgehead atoms. The average Bonchev–Trinajstić information content (AvgIpc) is 2.35. The van der Waals surface area contributed by atoms with E-state index in [4.69, 9.17) is 4.42 Å². The Labute approximate surface area is 104 Å². The van der Waals surface area contributed by atoms with Gasteiger partial charge in [0.15, 0.2) is 5.78 Å². The lowest BCUT2D eigenvalue weighted by Crippen LogP contribution is -2.31. The van der Waals surface area contributed by atoms with Gasteiger partial charge < -0.3 is 4.42 Å². The number of fused-ring (bicyclic) bond motifs is 3. The second kappa shape index (κ2) is 3.55. The first kappa shape index (κ1) is 11.2. The molecule has 1 heterocycles. The van der Waals surface area contributed by atoms with Crippen molar-refractivity contribution in [1.29, 1.82) is 0 Å². The number of ketones is 1. The van der Waals surface area contributed by atoms with Crippen molar-refractivity contribution in [1.82, 2.24) is 0 Å². The van der Waals surface area contributed by atoms with Crippen LogP contribution in [0.15, 0.2) is 33.5 Å². The Hall–Kier alpha value is -1.90. The summed E-state index contributed by atoms with van der Waals surface area (Å²) in [5, 5.41) is 1.21. The number of carbonyl (C=O) groups is 1. The lowest BCUT2D eigenvalue weighted by molar-refractivity contribution is 0.0802. The number of aryl methyl sites for hydroxylation is 1. The first-order chi connectivity index (χ1) is 8.50. The number of Topliss-reactive ketones (excluding diaryl/α,β-unsaturated/α-hetero) is 1. The van der Waals surface area contributed by atoms with Gasteiger partial charge in [0, 0.05) is 17.2 Å². The fourth-order valence-corrected chi connectivity index (χ4v) is 2.55. The molecule has 0 amide bonds. The van der Waals surface area contributed by atoms with Crippen LogP contribution in [0.4, 0.5) is 0 Å². The van der Waals surface area contributed by atoms with Crippen molar-refractivity contribution in [3.8, 4) is 0 Å². The van der Waals surface area contributed by atoms with Crippen LogP contribution in [0.5, 0.6) is 0 Å². The van der Waals surface area contributed by atoms with Crippen molar-refractivity contribution in [2.75, 3.05) is 0 Å². The maximum Gasteiger partial charge on any atom is 0.343 e. The predicted molar refractivity (Wildman–Crippen MR) is 68.9 cm³/mol. The molecule has 18 heavy (non-hydrogen) atoms. The quantitative estimate of drug-likeness (QED) is 0.713. The van der Waals surface area contributed by atoms with E-state index in [-0.39, 0.29) is 16.8 Å². The van der Waals surface area contributed by atoms with Crippen LogP contribution < -0.4 is 5.63 Å². The summed E-state index contributed by atoms with van der Waals surface area (Å²) in [5.74, 6) is 0.617. The third-order valence-corrected chi connectivity index (χ3v) is 3.73. The summed E-state index contributed by atoms with van der Waals surface area (Å²) in [6.07, 6.45) is 1.37. The topological polar surface area (TPSA) is 47.3 Å². The fraction of sp³-hybridized carbons (Fsp3) is 0.333. The van der Waals surface area contributed by atoms with E-state index in [9.17, 15) is 9.59 Å². The van der Waals surface area contributed by atoms with Gasteiger partial charge in [0.1, 0.15) is 5.76 Å². The van der Waals surface area contributed by atoms with Crippen LogP contribution in [-0.4, -0.2) is 5.78 Å². The standard InChI is InChI=1S/C15H14O3/c1-15(2)8-7-11-12(13(15)16)9-5-3-4-6-10(9)14(17)18-11/h3-6H,7-8H2,1-2H3. The van der Waals surface area contributed by atoms with E-state index in [1.807, 2.05) is 26.0 Å². The SMILES string of the molecule is CC1(C)CCc2oc(=O)c3ccccc3c2C1=O. The molecule has 0 radical (unpaired) electrons. The summed E-state index contributed by atoms with van der Waals surface area (Å²) in [6, 6.07) is 7.15. The number of benzene rings is 1. The minimum atomic E-state index is -0.379. The summed E-state index contributed by atoms with van der Waals surface area (Å²) < 4.78 is 5.30. The van der Waals surface area contributed by atoms with Crippen molar-refractivity contribution >= 4 is 16.6 Å². The molecule has 0 saturated carbocycles. The zero-order valence-electron chi connectivity index (χ0n) is 10.4. The van der Waals surface area contributed by atoms with Gasteiger partial charge in [0.25, 0.3) is 0 Å². The zero-order chi connectivity index (χ0) is 12.9. The van der Waals surface area contributed by atoms with Gasteiger partial charge >= 0.3 is 5.63 Å². The van der Waals surface area contributed by atoms with Crippen molar-refractivity contribution in [3.05, 3.63) is 46.0 Å². The lowest BCUT2D eigenvalue weighted by atomic mass is 9.74. The van der Waals surface area contributed by atoms with Crippen LogP contribution in [0.1, 0.15) is 36.4 Å². The number of hydrogen-bond acceptors (Lipinski definition) is 3. The molecule has 92 valence electrons. The van der Waals surface area contributed by atoms with E-state index in [1.165, 1.54) is 0 Å². The number of rotatable bonds is 0. The van der Waals surface area contributed by atoms with Gasteiger partial charge in [0.2, 0.25) is 0 Å². The molecule has 0 aliphatic heterocycles. The Kier molecular flexibility index (Phi) is 2.21. The van der Waals surface area contributed by atoms with Crippen molar-refractivity contribution in [2.24, 2.45) is 5.41 Å². The van der Waals surface area contributed by atoms with Crippen LogP contribution in [-0.2, 0) is 6.42 Å². The predicted octanol–water partition coefficient (Wildman–Crippen LogP) is 2.95. The first-order valence-corrected chi connectivity index (χ1v) is 6.10. The lowest BCUT2D eigenvalue weighted by Gasteiger charge is -2.29. The van der Waals surface area contributed by atoms with E-state index < -0.39 is 0 Å². The van der Waals surface area contributed by atoms with Crippen LogP contribution >= 0.6 is 0 Å². The van der Waals surface area contributed by atoms with Gasteiger partial charge in [-0.3, -0.25) is 4.79 Å². The van der Waals surface area contributed by atoms with Gasteiger partial charge in [0.05, 0.1) is 10.9 Å². The van der Waals surface area contributed by atoms with E-state index >= 15 is 0 Å². The summed E-state index contributed by atoms with van der Waals surface area (Å²) in [7, 11) is 0. The molecule has 1 aliphatic carbocycles. The minimum Gasteiger partial charge on any atom is -0.427 e. The molecular formula is C15H14O3. The highest BCUT2D eigenvalue weighted by molar-refractivity contribution is 6.11. The molecule has 0 spiro atoms. The highest BCUT2D eigenvalue weighted by atomic mass is 16.4. The maximum atomic E-state index is 12.5. The van der Waals surface area contributed by atoms with Gasteiger partial charge in [-0.2, -0.15) is 0 Å².